The highest BCUT2D eigenvalue weighted by atomic mass is 79.9. The van der Waals surface area contributed by atoms with Gasteiger partial charge in [-0.1, -0.05) is 27.5 Å². The summed E-state index contributed by atoms with van der Waals surface area (Å²) >= 11 is 9.41. The van der Waals surface area contributed by atoms with E-state index in [0.717, 1.165) is 4.47 Å². The molecule has 6 heteroatoms. The summed E-state index contributed by atoms with van der Waals surface area (Å²) < 4.78 is 0.894. The zero-order chi connectivity index (χ0) is 13.1. The fraction of sp³-hybridized carbons (Fsp3) is 0. The molecule has 1 heterocycles. The number of aromatic nitrogens is 1. The first-order valence-corrected chi connectivity index (χ1v) is 6.16. The second-order valence-electron chi connectivity index (χ2n) is 3.50. The van der Waals surface area contributed by atoms with Gasteiger partial charge < -0.3 is 11.1 Å². The van der Waals surface area contributed by atoms with Crippen LogP contribution in [0, 0.1) is 11.3 Å². The molecule has 2 rings (SSSR count). The lowest BCUT2D eigenvalue weighted by Gasteiger charge is -2.08. The van der Waals surface area contributed by atoms with Gasteiger partial charge in [0.15, 0.2) is 5.69 Å². The van der Waals surface area contributed by atoms with Gasteiger partial charge in [-0.15, -0.1) is 0 Å². The molecule has 0 unspecified atom stereocenters. The van der Waals surface area contributed by atoms with E-state index in [0.29, 0.717) is 22.2 Å². The highest BCUT2D eigenvalue weighted by Gasteiger charge is 2.05. The molecule has 0 amide bonds. The summed E-state index contributed by atoms with van der Waals surface area (Å²) in [5, 5.41) is 12.5. The van der Waals surface area contributed by atoms with Gasteiger partial charge in [-0.3, -0.25) is 0 Å². The summed E-state index contributed by atoms with van der Waals surface area (Å²) in [7, 11) is 0. The third kappa shape index (κ3) is 2.73. The van der Waals surface area contributed by atoms with Crippen molar-refractivity contribution in [3.8, 4) is 6.07 Å². The lowest BCUT2D eigenvalue weighted by atomic mass is 10.3. The van der Waals surface area contributed by atoms with E-state index < -0.39 is 0 Å². The molecule has 0 saturated heterocycles. The molecule has 2 aromatic rings. The van der Waals surface area contributed by atoms with Crippen molar-refractivity contribution in [1.82, 2.24) is 4.98 Å². The van der Waals surface area contributed by atoms with E-state index in [1.54, 1.807) is 18.2 Å². The molecule has 0 atom stereocenters. The summed E-state index contributed by atoms with van der Waals surface area (Å²) in [6, 6.07) is 10.7. The molecule has 0 fully saturated rings. The summed E-state index contributed by atoms with van der Waals surface area (Å²) in [6.45, 7) is 0. The Kier molecular flexibility index (Phi) is 3.70. The Morgan fingerprint density at radius 3 is 2.83 bits per heavy atom. The molecule has 0 bridgehead atoms. The number of nitrogens with one attached hydrogen (secondary N) is 1. The number of hydrogen-bond acceptors (Lipinski definition) is 4. The highest BCUT2D eigenvalue weighted by Crippen LogP contribution is 2.28. The maximum atomic E-state index is 8.85. The van der Waals surface area contributed by atoms with Gasteiger partial charge in [-0.25, -0.2) is 4.98 Å². The predicted octanol–water partition coefficient (Wildman–Crippen LogP) is 3.69. The van der Waals surface area contributed by atoms with E-state index in [1.807, 2.05) is 18.2 Å². The summed E-state index contributed by atoms with van der Waals surface area (Å²) in [4.78, 5) is 4.09. The van der Waals surface area contributed by atoms with E-state index in [4.69, 9.17) is 22.6 Å². The normalized spacial score (nSPS) is 9.83. The van der Waals surface area contributed by atoms with Crippen LogP contribution < -0.4 is 11.1 Å². The Balaban J connectivity index is 2.34. The fourth-order valence-corrected chi connectivity index (χ4v) is 1.89. The number of rotatable bonds is 2. The number of benzene rings is 1. The zero-order valence-electron chi connectivity index (χ0n) is 9.11. The first-order chi connectivity index (χ1) is 8.60. The van der Waals surface area contributed by atoms with Gasteiger partial charge in [0.2, 0.25) is 0 Å². The zero-order valence-corrected chi connectivity index (χ0v) is 11.5. The maximum Gasteiger partial charge on any atom is 0.165 e. The number of nitrogens with two attached hydrogens (primary N) is 1. The monoisotopic (exact) mass is 322 g/mol. The lowest BCUT2D eigenvalue weighted by molar-refractivity contribution is 1.26. The molecule has 4 nitrogen and oxygen atoms in total. The first kappa shape index (κ1) is 12.7. The van der Waals surface area contributed by atoms with Crippen molar-refractivity contribution in [1.29, 1.82) is 5.26 Å². The van der Waals surface area contributed by atoms with Crippen LogP contribution in [0.4, 0.5) is 17.2 Å². The largest absolute Gasteiger partial charge is 0.396 e. The number of pyridine rings is 1. The summed E-state index contributed by atoms with van der Waals surface area (Å²) in [6.07, 6.45) is 0. The molecule has 0 aliphatic carbocycles. The van der Waals surface area contributed by atoms with Gasteiger partial charge in [0.1, 0.15) is 11.9 Å². The summed E-state index contributed by atoms with van der Waals surface area (Å²) in [5.41, 5.74) is 6.84. The van der Waals surface area contributed by atoms with Crippen molar-refractivity contribution in [2.24, 2.45) is 0 Å². The first-order valence-electron chi connectivity index (χ1n) is 4.99. The molecular formula is C12H8BrClN4. The number of nitrogens with zero attached hydrogens (tertiary/aromatic N) is 2. The minimum atomic E-state index is 0.186. The van der Waals surface area contributed by atoms with Crippen LogP contribution in [-0.2, 0) is 0 Å². The van der Waals surface area contributed by atoms with Crippen LogP contribution in [0.1, 0.15) is 5.69 Å². The van der Waals surface area contributed by atoms with E-state index >= 15 is 0 Å². The fourth-order valence-electron chi connectivity index (χ4n) is 1.36. The average Bonchev–Trinajstić information content (AvgIpc) is 2.36. The molecule has 18 heavy (non-hydrogen) atoms. The number of hydrogen-bond donors (Lipinski definition) is 2. The number of halogens is 2. The number of nitrogen functional groups attached to an aromatic ring is 1. The van der Waals surface area contributed by atoms with E-state index in [1.165, 1.54) is 0 Å². The average molecular weight is 324 g/mol. The van der Waals surface area contributed by atoms with Crippen LogP contribution in [0.5, 0.6) is 0 Å². The second kappa shape index (κ2) is 5.25. The van der Waals surface area contributed by atoms with E-state index in [-0.39, 0.29) is 5.69 Å². The molecule has 0 saturated carbocycles. The smallest absolute Gasteiger partial charge is 0.165 e. The standard InChI is InChI=1S/C12H8BrClN4/c13-7-1-2-8(14)10(5-7)17-12-4-3-9(16)11(6-15)18-12/h1-5H,16H2,(H,17,18). The van der Waals surface area contributed by atoms with Gasteiger partial charge >= 0.3 is 0 Å². The molecular weight excluding hydrogens is 316 g/mol. The van der Waals surface area contributed by atoms with Crippen LogP contribution in [0.15, 0.2) is 34.8 Å². The van der Waals surface area contributed by atoms with Gasteiger partial charge in [0.25, 0.3) is 0 Å². The lowest BCUT2D eigenvalue weighted by Crippen LogP contribution is -1.99. The van der Waals surface area contributed by atoms with Crippen LogP contribution in [0.3, 0.4) is 0 Å². The number of nitriles is 1. The van der Waals surface area contributed by atoms with Crippen LogP contribution in [0.2, 0.25) is 5.02 Å². The Morgan fingerprint density at radius 2 is 2.11 bits per heavy atom. The van der Waals surface area contributed by atoms with Gasteiger partial charge in [0.05, 0.1) is 16.4 Å². The highest BCUT2D eigenvalue weighted by molar-refractivity contribution is 9.10. The molecule has 1 aromatic carbocycles. The Labute approximate surface area is 118 Å². The van der Waals surface area contributed by atoms with Crippen molar-refractivity contribution < 1.29 is 0 Å². The van der Waals surface area contributed by atoms with E-state index in [2.05, 4.69) is 26.2 Å². The topological polar surface area (TPSA) is 74.7 Å². The van der Waals surface area contributed by atoms with Crippen molar-refractivity contribution in [3.63, 3.8) is 0 Å². The Hall–Kier alpha value is -1.77. The molecule has 0 spiro atoms. The Morgan fingerprint density at radius 1 is 1.33 bits per heavy atom. The molecule has 0 aliphatic heterocycles. The minimum Gasteiger partial charge on any atom is -0.396 e. The van der Waals surface area contributed by atoms with E-state index in [9.17, 15) is 0 Å². The van der Waals surface area contributed by atoms with Gasteiger partial charge in [-0.05, 0) is 30.3 Å². The maximum absolute atomic E-state index is 8.85. The third-order valence-electron chi connectivity index (χ3n) is 2.22. The van der Waals surface area contributed by atoms with Crippen LogP contribution in [0.25, 0.3) is 0 Å². The minimum absolute atomic E-state index is 0.186. The third-order valence-corrected chi connectivity index (χ3v) is 3.05. The molecule has 0 aliphatic rings. The molecule has 0 radical (unpaired) electrons. The van der Waals surface area contributed by atoms with Crippen molar-refractivity contribution in [2.45, 2.75) is 0 Å². The van der Waals surface area contributed by atoms with Crippen LogP contribution in [-0.4, -0.2) is 4.98 Å². The predicted molar refractivity (Wildman–Crippen MR) is 75.8 cm³/mol. The van der Waals surface area contributed by atoms with Crippen molar-refractivity contribution >= 4 is 44.7 Å². The molecule has 90 valence electrons. The quantitative estimate of drug-likeness (QED) is 0.883. The summed E-state index contributed by atoms with van der Waals surface area (Å²) in [5.74, 6) is 0.515. The second-order valence-corrected chi connectivity index (χ2v) is 4.82. The molecule has 3 N–H and O–H groups in total. The molecule has 1 aromatic heterocycles. The van der Waals surface area contributed by atoms with Crippen molar-refractivity contribution in [2.75, 3.05) is 11.1 Å². The van der Waals surface area contributed by atoms with Crippen LogP contribution >= 0.6 is 27.5 Å². The SMILES string of the molecule is N#Cc1nc(Nc2cc(Br)ccc2Cl)ccc1N. The van der Waals surface area contributed by atoms with Crippen molar-refractivity contribution in [3.05, 3.63) is 45.5 Å². The number of anilines is 3. The Bertz CT molecular complexity index is 636. The van der Waals surface area contributed by atoms with Gasteiger partial charge in [0, 0.05) is 4.47 Å². The van der Waals surface area contributed by atoms with Gasteiger partial charge in [-0.2, -0.15) is 5.26 Å².